The van der Waals surface area contributed by atoms with Crippen LogP contribution in [0.4, 0.5) is 0 Å². The van der Waals surface area contributed by atoms with Gasteiger partial charge in [-0.3, -0.25) is 4.79 Å². The van der Waals surface area contributed by atoms with E-state index in [1.165, 1.54) is 0 Å². The van der Waals surface area contributed by atoms with Crippen LogP contribution in [0.25, 0.3) is 17.0 Å². The maximum absolute atomic E-state index is 12.8. The minimum absolute atomic E-state index is 0.0820. The van der Waals surface area contributed by atoms with Crippen LogP contribution in [0.1, 0.15) is 32.0 Å². The predicted octanol–water partition coefficient (Wildman–Crippen LogP) is 6.35. The Morgan fingerprint density at radius 3 is 2.73 bits per heavy atom. The second-order valence-corrected chi connectivity index (χ2v) is 8.38. The minimum Gasteiger partial charge on any atom is -0.497 e. The normalized spacial score (nSPS) is 13.8. The van der Waals surface area contributed by atoms with Gasteiger partial charge in [0.15, 0.2) is 5.76 Å². The van der Waals surface area contributed by atoms with Crippen molar-refractivity contribution >= 4 is 44.7 Å². The van der Waals surface area contributed by atoms with E-state index in [9.17, 15) is 9.59 Å². The van der Waals surface area contributed by atoms with E-state index in [2.05, 4.69) is 15.9 Å². The molecule has 0 atom stereocenters. The Kier molecular flexibility index (Phi) is 5.26. The third-order valence-electron chi connectivity index (χ3n) is 5.31. The molecule has 1 aliphatic heterocycles. The number of carbonyl (C=O) groups excluding carboxylic acids is 2. The molecule has 5 rings (SSSR count). The largest absolute Gasteiger partial charge is 0.497 e. The molecule has 3 aromatic carbocycles. The zero-order chi connectivity index (χ0) is 23.1. The fourth-order valence-corrected chi connectivity index (χ4v) is 4.00. The number of hydrogen-bond acceptors (Lipinski definition) is 6. The summed E-state index contributed by atoms with van der Waals surface area (Å²) in [5, 5.41) is 0.781. The average Bonchev–Trinajstić information content (AvgIpc) is 3.37. The van der Waals surface area contributed by atoms with Crippen LogP contribution in [0.5, 0.6) is 17.2 Å². The number of hydrogen-bond donors (Lipinski definition) is 0. The molecule has 2 heterocycles. The summed E-state index contributed by atoms with van der Waals surface area (Å²) in [6, 6.07) is 17.6. The molecule has 0 N–H and O–H groups in total. The standard InChI is InChI=1S/C26H17BrO6/c1-14-20(33-26(29)23-13-16-12-17(27)6-8-21(16)31-23)9-7-19-24(28)22(32-25(14)19)11-15-4-3-5-18(10-15)30-2/h3-13H,1-2H3/b22-11-. The first-order chi connectivity index (χ1) is 15.9. The van der Waals surface area contributed by atoms with E-state index in [0.717, 1.165) is 15.4 Å². The highest BCUT2D eigenvalue weighted by Gasteiger charge is 2.31. The lowest BCUT2D eigenvalue weighted by Crippen LogP contribution is -2.08. The number of Topliss-reactive ketones (excluding diaryl/α,β-unsaturated/α-hetero) is 1. The monoisotopic (exact) mass is 504 g/mol. The van der Waals surface area contributed by atoms with Gasteiger partial charge in [0.25, 0.3) is 0 Å². The van der Waals surface area contributed by atoms with Gasteiger partial charge in [-0.15, -0.1) is 0 Å². The molecule has 0 aliphatic carbocycles. The molecule has 0 spiro atoms. The van der Waals surface area contributed by atoms with Crippen LogP contribution in [0.3, 0.4) is 0 Å². The highest BCUT2D eigenvalue weighted by molar-refractivity contribution is 9.10. The van der Waals surface area contributed by atoms with E-state index in [4.69, 9.17) is 18.6 Å². The van der Waals surface area contributed by atoms with E-state index in [-0.39, 0.29) is 23.1 Å². The van der Waals surface area contributed by atoms with E-state index in [1.807, 2.05) is 30.3 Å². The number of fused-ring (bicyclic) bond motifs is 2. The van der Waals surface area contributed by atoms with E-state index >= 15 is 0 Å². The summed E-state index contributed by atoms with van der Waals surface area (Å²) in [5.74, 6) is 0.726. The highest BCUT2D eigenvalue weighted by Crippen LogP contribution is 2.39. The van der Waals surface area contributed by atoms with Crippen LogP contribution < -0.4 is 14.2 Å². The molecule has 4 aromatic rings. The Balaban J connectivity index is 1.41. The van der Waals surface area contributed by atoms with Crippen molar-refractivity contribution in [2.75, 3.05) is 7.11 Å². The molecule has 1 aliphatic rings. The number of allylic oxidation sites excluding steroid dienone is 1. The minimum atomic E-state index is -0.637. The number of ketones is 1. The highest BCUT2D eigenvalue weighted by atomic mass is 79.9. The number of carbonyl (C=O) groups is 2. The van der Waals surface area contributed by atoms with E-state index < -0.39 is 5.97 Å². The number of furan rings is 1. The molecule has 0 bridgehead atoms. The fourth-order valence-electron chi connectivity index (χ4n) is 3.63. The van der Waals surface area contributed by atoms with Gasteiger partial charge in [0, 0.05) is 15.4 Å². The van der Waals surface area contributed by atoms with E-state index in [1.54, 1.807) is 50.4 Å². The van der Waals surface area contributed by atoms with Crippen LogP contribution in [-0.2, 0) is 0 Å². The van der Waals surface area contributed by atoms with Crippen molar-refractivity contribution in [3.05, 3.63) is 93.3 Å². The van der Waals surface area contributed by atoms with Crippen molar-refractivity contribution in [2.24, 2.45) is 0 Å². The third kappa shape index (κ3) is 3.91. The molecule has 0 fully saturated rings. The fraction of sp³-hybridized carbons (Fsp3) is 0.0769. The SMILES string of the molecule is COc1cccc(/C=C2\Oc3c(ccc(OC(=O)c4cc5cc(Br)ccc5o4)c3C)C2=O)c1. The molecule has 33 heavy (non-hydrogen) atoms. The Morgan fingerprint density at radius 1 is 1.06 bits per heavy atom. The number of benzene rings is 3. The Bertz CT molecular complexity index is 1460. The van der Waals surface area contributed by atoms with Gasteiger partial charge >= 0.3 is 5.97 Å². The maximum Gasteiger partial charge on any atom is 0.379 e. The van der Waals surface area contributed by atoms with Crippen molar-refractivity contribution < 1.29 is 28.2 Å². The van der Waals surface area contributed by atoms with Gasteiger partial charge in [-0.1, -0.05) is 28.1 Å². The quantitative estimate of drug-likeness (QED) is 0.183. The predicted molar refractivity (Wildman–Crippen MR) is 126 cm³/mol. The molecule has 0 amide bonds. The van der Waals surface area contributed by atoms with Crippen LogP contribution in [-0.4, -0.2) is 18.9 Å². The van der Waals surface area contributed by atoms with Crippen molar-refractivity contribution in [1.82, 2.24) is 0 Å². The average molecular weight is 505 g/mol. The van der Waals surface area contributed by atoms with Gasteiger partial charge in [0.05, 0.1) is 12.7 Å². The van der Waals surface area contributed by atoms with Gasteiger partial charge in [0.2, 0.25) is 11.5 Å². The smallest absolute Gasteiger partial charge is 0.379 e. The Labute approximate surface area is 197 Å². The topological polar surface area (TPSA) is 75.0 Å². The Morgan fingerprint density at radius 2 is 1.91 bits per heavy atom. The molecule has 164 valence electrons. The molecule has 0 radical (unpaired) electrons. The third-order valence-corrected chi connectivity index (χ3v) is 5.80. The van der Waals surface area contributed by atoms with Crippen molar-refractivity contribution in [1.29, 1.82) is 0 Å². The molecular formula is C26H17BrO6. The number of methoxy groups -OCH3 is 1. The summed E-state index contributed by atoms with van der Waals surface area (Å²) in [4.78, 5) is 25.5. The zero-order valence-electron chi connectivity index (χ0n) is 17.7. The summed E-state index contributed by atoms with van der Waals surface area (Å²) >= 11 is 3.40. The molecule has 1 aromatic heterocycles. The summed E-state index contributed by atoms with van der Waals surface area (Å²) in [6.45, 7) is 1.74. The number of rotatable bonds is 4. The summed E-state index contributed by atoms with van der Waals surface area (Å²) < 4.78 is 23.1. The molecule has 6 nitrogen and oxygen atoms in total. The van der Waals surface area contributed by atoms with Crippen molar-refractivity contribution in [2.45, 2.75) is 6.92 Å². The summed E-state index contributed by atoms with van der Waals surface area (Å²) in [5.41, 5.74) is 2.31. The lowest BCUT2D eigenvalue weighted by atomic mass is 10.1. The lowest BCUT2D eigenvalue weighted by Gasteiger charge is -2.09. The molecule has 0 saturated heterocycles. The first kappa shape index (κ1) is 21.0. The van der Waals surface area contributed by atoms with Crippen molar-refractivity contribution in [3.8, 4) is 17.2 Å². The summed E-state index contributed by atoms with van der Waals surface area (Å²) in [7, 11) is 1.58. The second-order valence-electron chi connectivity index (χ2n) is 7.46. The number of halogens is 1. The molecular weight excluding hydrogens is 488 g/mol. The van der Waals surface area contributed by atoms with E-state index in [0.29, 0.717) is 28.2 Å². The molecule has 7 heteroatoms. The van der Waals surface area contributed by atoms with Crippen LogP contribution in [0.15, 0.2) is 75.3 Å². The Hall–Kier alpha value is -3.84. The first-order valence-electron chi connectivity index (χ1n) is 10.1. The molecule has 0 saturated carbocycles. The zero-order valence-corrected chi connectivity index (χ0v) is 19.3. The maximum atomic E-state index is 12.8. The number of ether oxygens (including phenoxy) is 3. The molecule has 0 unspecified atom stereocenters. The first-order valence-corrected chi connectivity index (χ1v) is 10.9. The van der Waals surface area contributed by atoms with Crippen LogP contribution >= 0.6 is 15.9 Å². The van der Waals surface area contributed by atoms with Gasteiger partial charge in [-0.25, -0.2) is 4.79 Å². The van der Waals surface area contributed by atoms with Crippen molar-refractivity contribution in [3.63, 3.8) is 0 Å². The van der Waals surface area contributed by atoms with Gasteiger partial charge in [-0.05, 0) is 67.1 Å². The lowest BCUT2D eigenvalue weighted by molar-refractivity contribution is 0.0702. The van der Waals surface area contributed by atoms with Crippen LogP contribution in [0.2, 0.25) is 0 Å². The summed E-state index contributed by atoms with van der Waals surface area (Å²) in [6.07, 6.45) is 1.66. The van der Waals surface area contributed by atoms with Crippen LogP contribution in [0, 0.1) is 6.92 Å². The second kappa shape index (κ2) is 8.26. The van der Waals surface area contributed by atoms with Gasteiger partial charge < -0.3 is 18.6 Å². The van der Waals surface area contributed by atoms with Gasteiger partial charge in [0.1, 0.15) is 22.8 Å². The van der Waals surface area contributed by atoms with Gasteiger partial charge in [-0.2, -0.15) is 0 Å². The number of esters is 1.